The van der Waals surface area contributed by atoms with Crippen LogP contribution >= 0.6 is 0 Å². The van der Waals surface area contributed by atoms with Crippen LogP contribution in [0.15, 0.2) is 12.2 Å². The molecular formula is C9H16N2. The molecule has 1 fully saturated rings. The molecule has 0 aromatic heterocycles. The second-order valence-electron chi connectivity index (χ2n) is 3.38. The zero-order valence-electron chi connectivity index (χ0n) is 6.92. The summed E-state index contributed by atoms with van der Waals surface area (Å²) in [5, 5.41) is 2.40. The van der Waals surface area contributed by atoms with E-state index in [1.807, 2.05) is 0 Å². The molecule has 0 bridgehead atoms. The Morgan fingerprint density at radius 1 is 1.36 bits per heavy atom. The molecule has 2 heterocycles. The molecule has 0 radical (unpaired) electrons. The second-order valence-corrected chi connectivity index (χ2v) is 3.38. The summed E-state index contributed by atoms with van der Waals surface area (Å²) in [6.45, 7) is 2.37. The standard InChI is InChI=1S/C9H16N2/c1-3-7-10-11-8-4-2-6-9(11)5-1/h2,6,9-10H,1,3-5,7-8H2. The lowest BCUT2D eigenvalue weighted by Crippen LogP contribution is -2.45. The van der Waals surface area contributed by atoms with Crippen molar-refractivity contribution in [3.05, 3.63) is 12.2 Å². The van der Waals surface area contributed by atoms with Crippen molar-refractivity contribution in [3.63, 3.8) is 0 Å². The normalized spacial score (nSPS) is 32.9. The van der Waals surface area contributed by atoms with Crippen LogP contribution in [0.5, 0.6) is 0 Å². The molecule has 0 aromatic carbocycles. The lowest BCUT2D eigenvalue weighted by atomic mass is 10.1. The molecule has 0 aromatic rings. The van der Waals surface area contributed by atoms with Gasteiger partial charge in [0.25, 0.3) is 0 Å². The van der Waals surface area contributed by atoms with E-state index in [9.17, 15) is 0 Å². The zero-order valence-corrected chi connectivity index (χ0v) is 6.92. The summed E-state index contributed by atoms with van der Waals surface area (Å²) in [5.41, 5.74) is 3.47. The predicted molar refractivity (Wildman–Crippen MR) is 46.1 cm³/mol. The predicted octanol–water partition coefficient (Wildman–Crippen LogP) is 1.31. The third-order valence-electron chi connectivity index (χ3n) is 2.54. The van der Waals surface area contributed by atoms with E-state index in [1.165, 1.54) is 38.8 Å². The number of hydrazine groups is 1. The van der Waals surface area contributed by atoms with Gasteiger partial charge in [-0.05, 0) is 19.3 Å². The Hall–Kier alpha value is -0.340. The largest absolute Gasteiger partial charge is 0.255 e. The van der Waals surface area contributed by atoms with Gasteiger partial charge < -0.3 is 0 Å². The van der Waals surface area contributed by atoms with Gasteiger partial charge in [-0.3, -0.25) is 5.43 Å². The number of nitrogens with zero attached hydrogens (tertiary/aromatic N) is 1. The van der Waals surface area contributed by atoms with Crippen molar-refractivity contribution in [1.29, 1.82) is 0 Å². The van der Waals surface area contributed by atoms with Crippen molar-refractivity contribution in [1.82, 2.24) is 10.4 Å². The van der Waals surface area contributed by atoms with E-state index < -0.39 is 0 Å². The summed E-state index contributed by atoms with van der Waals surface area (Å²) in [7, 11) is 0. The van der Waals surface area contributed by atoms with Gasteiger partial charge in [0.15, 0.2) is 0 Å². The van der Waals surface area contributed by atoms with E-state index in [1.54, 1.807) is 0 Å². The maximum absolute atomic E-state index is 3.47. The molecule has 2 aliphatic heterocycles. The average molecular weight is 152 g/mol. The first-order chi connectivity index (χ1) is 5.47. The molecule has 11 heavy (non-hydrogen) atoms. The average Bonchev–Trinajstić information content (AvgIpc) is 2.28. The Labute approximate surface area is 68.2 Å². The fourth-order valence-electron chi connectivity index (χ4n) is 1.89. The molecule has 2 nitrogen and oxygen atoms in total. The minimum absolute atomic E-state index is 0.686. The Morgan fingerprint density at radius 2 is 2.36 bits per heavy atom. The summed E-state index contributed by atoms with van der Waals surface area (Å²) >= 11 is 0. The topological polar surface area (TPSA) is 15.3 Å². The summed E-state index contributed by atoms with van der Waals surface area (Å²) in [6.07, 6.45) is 9.92. The summed E-state index contributed by atoms with van der Waals surface area (Å²) in [6, 6.07) is 0.686. The molecule has 0 spiro atoms. The van der Waals surface area contributed by atoms with Crippen molar-refractivity contribution < 1.29 is 0 Å². The maximum atomic E-state index is 3.47. The highest BCUT2D eigenvalue weighted by molar-refractivity contribution is 4.98. The van der Waals surface area contributed by atoms with E-state index in [-0.39, 0.29) is 0 Å². The highest BCUT2D eigenvalue weighted by atomic mass is 15.5. The molecule has 62 valence electrons. The Morgan fingerprint density at radius 3 is 3.36 bits per heavy atom. The lowest BCUT2D eigenvalue weighted by molar-refractivity contribution is 0.155. The SMILES string of the molecule is C1=CC2CCCCNN2CC1. The minimum Gasteiger partial charge on any atom is -0.255 e. The molecule has 1 N–H and O–H groups in total. The number of nitrogens with one attached hydrogen (secondary N) is 1. The second kappa shape index (κ2) is 3.37. The first-order valence-electron chi connectivity index (χ1n) is 4.63. The first kappa shape index (κ1) is 7.32. The van der Waals surface area contributed by atoms with Gasteiger partial charge in [-0.25, -0.2) is 5.01 Å². The maximum Gasteiger partial charge on any atom is 0.0423 e. The van der Waals surface area contributed by atoms with Crippen molar-refractivity contribution in [2.75, 3.05) is 13.1 Å². The molecule has 0 aliphatic carbocycles. The van der Waals surface area contributed by atoms with E-state index >= 15 is 0 Å². The van der Waals surface area contributed by atoms with E-state index in [0.29, 0.717) is 6.04 Å². The molecular weight excluding hydrogens is 136 g/mol. The van der Waals surface area contributed by atoms with Gasteiger partial charge in [-0.1, -0.05) is 18.6 Å². The zero-order chi connectivity index (χ0) is 7.52. The van der Waals surface area contributed by atoms with Crippen LogP contribution in [0, 0.1) is 0 Å². The molecule has 1 atom stereocenters. The minimum atomic E-state index is 0.686. The van der Waals surface area contributed by atoms with Crippen molar-refractivity contribution in [2.24, 2.45) is 0 Å². The van der Waals surface area contributed by atoms with E-state index in [0.717, 1.165) is 0 Å². The van der Waals surface area contributed by atoms with Crippen LogP contribution in [-0.2, 0) is 0 Å². The summed E-state index contributed by atoms with van der Waals surface area (Å²) < 4.78 is 0. The van der Waals surface area contributed by atoms with Crippen LogP contribution in [0.25, 0.3) is 0 Å². The quantitative estimate of drug-likeness (QED) is 0.526. The molecule has 2 aliphatic rings. The Kier molecular flexibility index (Phi) is 2.24. The summed E-state index contributed by atoms with van der Waals surface area (Å²) in [5.74, 6) is 0. The number of rotatable bonds is 0. The van der Waals surface area contributed by atoms with Crippen LogP contribution in [-0.4, -0.2) is 24.1 Å². The van der Waals surface area contributed by atoms with Gasteiger partial charge in [0.05, 0.1) is 0 Å². The molecule has 0 saturated carbocycles. The highest BCUT2D eigenvalue weighted by Crippen LogP contribution is 2.16. The van der Waals surface area contributed by atoms with Gasteiger partial charge >= 0.3 is 0 Å². The number of hydrogen-bond acceptors (Lipinski definition) is 2. The molecule has 2 heteroatoms. The molecule has 0 amide bonds. The fraction of sp³-hybridized carbons (Fsp3) is 0.778. The van der Waals surface area contributed by atoms with Crippen LogP contribution < -0.4 is 5.43 Å². The molecule has 2 rings (SSSR count). The van der Waals surface area contributed by atoms with Gasteiger partial charge in [0, 0.05) is 19.1 Å². The van der Waals surface area contributed by atoms with Crippen molar-refractivity contribution in [2.45, 2.75) is 31.7 Å². The lowest BCUT2D eigenvalue weighted by Gasteiger charge is -2.30. The van der Waals surface area contributed by atoms with E-state index in [4.69, 9.17) is 0 Å². The Balaban J connectivity index is 2.02. The number of hydrogen-bond donors (Lipinski definition) is 1. The van der Waals surface area contributed by atoms with Crippen molar-refractivity contribution in [3.8, 4) is 0 Å². The van der Waals surface area contributed by atoms with Gasteiger partial charge in [0.2, 0.25) is 0 Å². The van der Waals surface area contributed by atoms with Crippen LogP contribution in [0.1, 0.15) is 25.7 Å². The highest BCUT2D eigenvalue weighted by Gasteiger charge is 2.19. The third-order valence-corrected chi connectivity index (χ3v) is 2.54. The van der Waals surface area contributed by atoms with Crippen LogP contribution in [0.3, 0.4) is 0 Å². The van der Waals surface area contributed by atoms with Gasteiger partial charge in [0.1, 0.15) is 0 Å². The molecule has 1 unspecified atom stereocenters. The summed E-state index contributed by atoms with van der Waals surface area (Å²) in [4.78, 5) is 0. The fourth-order valence-corrected chi connectivity index (χ4v) is 1.89. The van der Waals surface area contributed by atoms with Crippen LogP contribution in [0.2, 0.25) is 0 Å². The van der Waals surface area contributed by atoms with Crippen LogP contribution in [0.4, 0.5) is 0 Å². The van der Waals surface area contributed by atoms with Gasteiger partial charge in [-0.2, -0.15) is 0 Å². The first-order valence-corrected chi connectivity index (χ1v) is 4.63. The smallest absolute Gasteiger partial charge is 0.0423 e. The number of fused-ring (bicyclic) bond motifs is 1. The monoisotopic (exact) mass is 152 g/mol. The third kappa shape index (κ3) is 1.63. The Bertz CT molecular complexity index is 154. The van der Waals surface area contributed by atoms with Crippen molar-refractivity contribution >= 4 is 0 Å². The van der Waals surface area contributed by atoms with E-state index in [2.05, 4.69) is 22.6 Å². The van der Waals surface area contributed by atoms with Gasteiger partial charge in [-0.15, -0.1) is 0 Å². The molecule has 1 saturated heterocycles.